The van der Waals surface area contributed by atoms with E-state index in [2.05, 4.69) is 22.1 Å². The first-order valence-corrected chi connectivity index (χ1v) is 5.82. The minimum Gasteiger partial charge on any atom is -0.397 e. The first-order chi connectivity index (χ1) is 8.75. The van der Waals surface area contributed by atoms with Gasteiger partial charge in [-0.3, -0.25) is 9.97 Å². The van der Waals surface area contributed by atoms with Crippen molar-refractivity contribution in [1.82, 2.24) is 9.97 Å². The highest BCUT2D eigenvalue weighted by atomic mass is 14.8. The molecule has 3 heteroatoms. The van der Waals surface area contributed by atoms with Gasteiger partial charge in [-0.2, -0.15) is 0 Å². The Morgan fingerprint density at radius 2 is 1.83 bits per heavy atom. The van der Waals surface area contributed by atoms with E-state index in [1.807, 2.05) is 43.6 Å². The standard InChI is InChI=1S/C15H13N3/c1-10-14(16)6-7-15(18-10)13-9-17-8-11-4-2-3-5-12(11)13/h2-9H,16H2,1H3. The molecule has 0 radical (unpaired) electrons. The Kier molecular flexibility index (Phi) is 2.45. The van der Waals surface area contributed by atoms with E-state index in [9.17, 15) is 0 Å². The third-order valence-electron chi connectivity index (χ3n) is 3.07. The van der Waals surface area contributed by atoms with E-state index < -0.39 is 0 Å². The van der Waals surface area contributed by atoms with E-state index >= 15 is 0 Å². The van der Waals surface area contributed by atoms with Crippen LogP contribution in [0.5, 0.6) is 0 Å². The van der Waals surface area contributed by atoms with E-state index in [4.69, 9.17) is 5.73 Å². The van der Waals surface area contributed by atoms with Crippen LogP contribution in [0.25, 0.3) is 22.0 Å². The summed E-state index contributed by atoms with van der Waals surface area (Å²) in [6.07, 6.45) is 3.71. The van der Waals surface area contributed by atoms with Crippen molar-refractivity contribution >= 4 is 16.5 Å². The van der Waals surface area contributed by atoms with Gasteiger partial charge in [-0.15, -0.1) is 0 Å². The van der Waals surface area contributed by atoms with Crippen molar-refractivity contribution in [3.05, 3.63) is 54.5 Å². The van der Waals surface area contributed by atoms with Gasteiger partial charge in [-0.25, -0.2) is 0 Å². The molecule has 0 atom stereocenters. The second kappa shape index (κ2) is 4.11. The maximum atomic E-state index is 5.80. The summed E-state index contributed by atoms with van der Waals surface area (Å²) in [6, 6.07) is 12.0. The number of nitrogen functional groups attached to an aromatic ring is 1. The number of aryl methyl sites for hydroxylation is 1. The van der Waals surface area contributed by atoms with Gasteiger partial charge in [0.1, 0.15) is 0 Å². The highest BCUT2D eigenvalue weighted by Crippen LogP contribution is 2.27. The molecule has 2 heterocycles. The summed E-state index contributed by atoms with van der Waals surface area (Å²) in [5.41, 5.74) is 9.31. The lowest BCUT2D eigenvalue weighted by molar-refractivity contribution is 1.21. The van der Waals surface area contributed by atoms with Crippen LogP contribution in [0.15, 0.2) is 48.8 Å². The van der Waals surface area contributed by atoms with Crippen molar-refractivity contribution in [2.24, 2.45) is 0 Å². The zero-order valence-electron chi connectivity index (χ0n) is 10.1. The molecule has 1 aromatic carbocycles. The Bertz CT molecular complexity index is 715. The number of anilines is 1. The lowest BCUT2D eigenvalue weighted by atomic mass is 10.0. The van der Waals surface area contributed by atoms with Crippen LogP contribution in [0.1, 0.15) is 5.69 Å². The molecule has 0 saturated carbocycles. The minimum absolute atomic E-state index is 0.715. The number of pyridine rings is 2. The van der Waals surface area contributed by atoms with E-state index in [0.717, 1.165) is 27.7 Å². The fourth-order valence-corrected chi connectivity index (χ4v) is 2.04. The predicted molar refractivity (Wildman–Crippen MR) is 74.1 cm³/mol. The summed E-state index contributed by atoms with van der Waals surface area (Å²) in [5.74, 6) is 0. The lowest BCUT2D eigenvalue weighted by Gasteiger charge is -2.07. The Morgan fingerprint density at radius 1 is 1.00 bits per heavy atom. The van der Waals surface area contributed by atoms with Crippen molar-refractivity contribution in [2.75, 3.05) is 5.73 Å². The summed E-state index contributed by atoms with van der Waals surface area (Å²) in [4.78, 5) is 8.80. The molecule has 0 aliphatic carbocycles. The van der Waals surface area contributed by atoms with Gasteiger partial charge in [0.15, 0.2) is 0 Å². The fraction of sp³-hybridized carbons (Fsp3) is 0.0667. The summed E-state index contributed by atoms with van der Waals surface area (Å²) >= 11 is 0. The summed E-state index contributed by atoms with van der Waals surface area (Å²) in [6.45, 7) is 1.91. The summed E-state index contributed by atoms with van der Waals surface area (Å²) in [7, 11) is 0. The van der Waals surface area contributed by atoms with Crippen molar-refractivity contribution in [1.29, 1.82) is 0 Å². The molecule has 3 aromatic rings. The third-order valence-corrected chi connectivity index (χ3v) is 3.07. The first kappa shape index (κ1) is 10.7. The zero-order valence-corrected chi connectivity index (χ0v) is 10.1. The van der Waals surface area contributed by atoms with Crippen molar-refractivity contribution in [3.63, 3.8) is 0 Å². The minimum atomic E-state index is 0.715. The molecule has 0 saturated heterocycles. The largest absolute Gasteiger partial charge is 0.397 e. The first-order valence-electron chi connectivity index (χ1n) is 5.82. The Hall–Kier alpha value is -2.42. The molecule has 2 aromatic heterocycles. The van der Waals surface area contributed by atoms with Gasteiger partial charge < -0.3 is 5.73 Å². The third kappa shape index (κ3) is 1.70. The van der Waals surface area contributed by atoms with Crippen molar-refractivity contribution < 1.29 is 0 Å². The monoisotopic (exact) mass is 235 g/mol. The van der Waals surface area contributed by atoms with Gasteiger partial charge in [0.05, 0.1) is 17.1 Å². The number of hydrogen-bond acceptors (Lipinski definition) is 3. The van der Waals surface area contributed by atoms with E-state index in [0.29, 0.717) is 5.69 Å². The normalized spacial score (nSPS) is 10.7. The Labute approximate surface area is 105 Å². The molecule has 0 aliphatic rings. The van der Waals surface area contributed by atoms with E-state index in [-0.39, 0.29) is 0 Å². The predicted octanol–water partition coefficient (Wildman–Crippen LogP) is 3.19. The van der Waals surface area contributed by atoms with Crippen LogP contribution in [-0.2, 0) is 0 Å². The molecule has 0 aliphatic heterocycles. The molecule has 0 fully saturated rings. The van der Waals surface area contributed by atoms with Gasteiger partial charge in [-0.05, 0) is 24.4 Å². The highest BCUT2D eigenvalue weighted by Gasteiger charge is 2.06. The number of aromatic nitrogens is 2. The van der Waals surface area contributed by atoms with Crippen LogP contribution < -0.4 is 5.73 Å². The summed E-state index contributed by atoms with van der Waals surface area (Å²) < 4.78 is 0. The van der Waals surface area contributed by atoms with Gasteiger partial charge >= 0.3 is 0 Å². The van der Waals surface area contributed by atoms with Crippen LogP contribution in [0.4, 0.5) is 5.69 Å². The lowest BCUT2D eigenvalue weighted by Crippen LogP contribution is -1.95. The van der Waals surface area contributed by atoms with Gasteiger partial charge in [-0.1, -0.05) is 24.3 Å². The Balaban J connectivity index is 2.28. The second-order valence-corrected chi connectivity index (χ2v) is 4.28. The molecule has 2 N–H and O–H groups in total. The number of benzene rings is 1. The molecular formula is C15H13N3. The van der Waals surface area contributed by atoms with Crippen LogP contribution in [-0.4, -0.2) is 9.97 Å². The molecular weight excluding hydrogens is 222 g/mol. The van der Waals surface area contributed by atoms with Crippen molar-refractivity contribution in [2.45, 2.75) is 6.92 Å². The molecule has 0 amide bonds. The van der Waals surface area contributed by atoms with Crippen LogP contribution in [0, 0.1) is 6.92 Å². The maximum absolute atomic E-state index is 5.80. The molecule has 88 valence electrons. The highest BCUT2D eigenvalue weighted by molar-refractivity contribution is 5.94. The van der Waals surface area contributed by atoms with Crippen LogP contribution in [0.3, 0.4) is 0 Å². The number of rotatable bonds is 1. The quantitative estimate of drug-likeness (QED) is 0.704. The SMILES string of the molecule is Cc1nc(-c2cncc3ccccc23)ccc1N. The maximum Gasteiger partial charge on any atom is 0.0728 e. The number of hydrogen-bond donors (Lipinski definition) is 1. The van der Waals surface area contributed by atoms with E-state index in [1.165, 1.54) is 0 Å². The van der Waals surface area contributed by atoms with Crippen molar-refractivity contribution in [3.8, 4) is 11.3 Å². The average Bonchev–Trinajstić information content (AvgIpc) is 2.41. The topological polar surface area (TPSA) is 51.8 Å². The van der Waals surface area contributed by atoms with Gasteiger partial charge in [0.25, 0.3) is 0 Å². The number of nitrogens with two attached hydrogens (primary N) is 1. The fourth-order valence-electron chi connectivity index (χ4n) is 2.04. The average molecular weight is 235 g/mol. The second-order valence-electron chi connectivity index (χ2n) is 4.28. The molecule has 0 bridgehead atoms. The number of fused-ring (bicyclic) bond motifs is 1. The molecule has 18 heavy (non-hydrogen) atoms. The number of nitrogens with zero attached hydrogens (tertiary/aromatic N) is 2. The molecule has 0 spiro atoms. The summed E-state index contributed by atoms with van der Waals surface area (Å²) in [5, 5.41) is 2.27. The van der Waals surface area contributed by atoms with Gasteiger partial charge in [0.2, 0.25) is 0 Å². The molecule has 0 unspecified atom stereocenters. The zero-order chi connectivity index (χ0) is 12.5. The van der Waals surface area contributed by atoms with Gasteiger partial charge in [0, 0.05) is 23.3 Å². The van der Waals surface area contributed by atoms with Crippen LogP contribution >= 0.6 is 0 Å². The molecule has 3 nitrogen and oxygen atoms in total. The van der Waals surface area contributed by atoms with E-state index in [1.54, 1.807) is 0 Å². The Morgan fingerprint density at radius 3 is 2.67 bits per heavy atom. The smallest absolute Gasteiger partial charge is 0.0728 e. The van der Waals surface area contributed by atoms with Crippen LogP contribution in [0.2, 0.25) is 0 Å². The molecule has 3 rings (SSSR count).